The molecular formula is C40H41Cl2FN8O5. The number of pyridine rings is 1. The number of amides is 4. The van der Waals surface area contributed by atoms with E-state index in [0.717, 1.165) is 80.1 Å². The van der Waals surface area contributed by atoms with E-state index < -0.39 is 35.5 Å². The molecule has 4 aliphatic rings. The van der Waals surface area contributed by atoms with Gasteiger partial charge in [-0.15, -0.1) is 0 Å². The van der Waals surface area contributed by atoms with Crippen LogP contribution >= 0.6 is 23.2 Å². The minimum atomic E-state index is -0.977. The quantitative estimate of drug-likeness (QED) is 0.154. The SMILES string of the molecule is Nc1ncc(-c2cnn(C3CCC(CN4CCN(c5ccc6c(c5)C(=O)N([C@@H]5CCC(=O)NC5=O)C6=O)CC4)CC3)c2)cc1OCCc1c(Cl)ccc(F)c1Cl. The molecule has 0 unspecified atom stereocenters. The predicted octanol–water partition coefficient (Wildman–Crippen LogP) is 5.55. The molecule has 4 aromatic rings. The van der Waals surface area contributed by atoms with Crippen molar-refractivity contribution in [1.82, 2.24) is 29.9 Å². The van der Waals surface area contributed by atoms with Gasteiger partial charge in [0.05, 0.1) is 35.0 Å². The Morgan fingerprint density at radius 2 is 1.66 bits per heavy atom. The van der Waals surface area contributed by atoms with E-state index in [2.05, 4.69) is 20.1 Å². The van der Waals surface area contributed by atoms with Crippen LogP contribution in [0.2, 0.25) is 10.0 Å². The number of nitrogens with two attached hydrogens (primary N) is 1. The fourth-order valence-corrected chi connectivity index (χ4v) is 8.84. The standard InChI is InChI=1S/C40H41Cl2FN8O5/c41-31-7-8-32(43)36(42)29(31)11-16-56-34-17-24(19-45-37(34)44)25-20-46-50(22-25)26-3-1-23(2-4-26)21-48-12-14-49(15-13-48)27-5-6-28-30(18-27)40(55)51(39(28)54)33-9-10-35(52)47-38(33)53/h5-8,17-20,22-23,26,33H,1-4,9-16,21H2,(H2,44,45)(H,47,52,53)/t23?,26?,33-/m1/s1. The molecule has 3 fully saturated rings. The average Bonchev–Trinajstić information content (AvgIpc) is 3.78. The van der Waals surface area contributed by atoms with Gasteiger partial charge in [0, 0.05) is 79.8 Å². The summed E-state index contributed by atoms with van der Waals surface area (Å²) in [6.45, 7) is 4.59. The maximum Gasteiger partial charge on any atom is 0.262 e. The molecule has 0 radical (unpaired) electrons. The number of benzene rings is 2. The van der Waals surface area contributed by atoms with Gasteiger partial charge in [-0.3, -0.25) is 39.0 Å². The van der Waals surface area contributed by atoms with Gasteiger partial charge in [-0.05, 0) is 80.0 Å². The smallest absolute Gasteiger partial charge is 0.262 e. The lowest BCUT2D eigenvalue weighted by Gasteiger charge is -2.39. The van der Waals surface area contributed by atoms with Crippen molar-refractivity contribution in [3.05, 3.63) is 87.5 Å². The Bertz CT molecular complexity index is 2200. The zero-order chi connectivity index (χ0) is 39.1. The number of hydrogen-bond donors (Lipinski definition) is 2. The fraction of sp³-hybridized carbons (Fsp3) is 0.400. The third-order valence-corrected chi connectivity index (χ3v) is 12.2. The largest absolute Gasteiger partial charge is 0.489 e. The first-order valence-electron chi connectivity index (χ1n) is 18.9. The van der Waals surface area contributed by atoms with E-state index in [1.54, 1.807) is 18.3 Å². The third-order valence-electron chi connectivity index (χ3n) is 11.4. The molecule has 56 heavy (non-hydrogen) atoms. The zero-order valence-electron chi connectivity index (χ0n) is 30.6. The number of nitrogen functional groups attached to an aromatic ring is 1. The van der Waals surface area contributed by atoms with Crippen LogP contribution in [-0.2, 0) is 16.0 Å². The van der Waals surface area contributed by atoms with Gasteiger partial charge < -0.3 is 15.4 Å². The Morgan fingerprint density at radius 1 is 0.893 bits per heavy atom. The Labute approximate surface area is 332 Å². The molecule has 2 saturated heterocycles. The first-order chi connectivity index (χ1) is 27.0. The number of nitrogens with zero attached hydrogens (tertiary/aromatic N) is 6. The lowest BCUT2D eigenvalue weighted by Crippen LogP contribution is -2.54. The summed E-state index contributed by atoms with van der Waals surface area (Å²) in [5, 5.41) is 7.30. The van der Waals surface area contributed by atoms with E-state index in [1.165, 1.54) is 12.1 Å². The lowest BCUT2D eigenvalue weighted by atomic mass is 9.85. The van der Waals surface area contributed by atoms with Gasteiger partial charge in [0.25, 0.3) is 11.8 Å². The molecular weight excluding hydrogens is 762 g/mol. The van der Waals surface area contributed by atoms with Gasteiger partial charge in [0.1, 0.15) is 11.9 Å². The Balaban J connectivity index is 0.808. The molecule has 2 aromatic heterocycles. The van der Waals surface area contributed by atoms with Crippen molar-refractivity contribution in [1.29, 1.82) is 0 Å². The number of halogens is 3. The van der Waals surface area contributed by atoms with Crippen LogP contribution in [-0.4, -0.2) is 93.6 Å². The Hall–Kier alpha value is -5.05. The fourth-order valence-electron chi connectivity index (χ4n) is 8.28. The number of nitrogens with one attached hydrogen (secondary N) is 1. The second kappa shape index (κ2) is 15.8. The zero-order valence-corrected chi connectivity index (χ0v) is 32.1. The molecule has 4 amide bonds. The summed E-state index contributed by atoms with van der Waals surface area (Å²) in [5.74, 6) is -1.27. The summed E-state index contributed by atoms with van der Waals surface area (Å²) in [5.41, 5.74) is 9.79. The number of ether oxygens (including phenoxy) is 1. The molecule has 2 aromatic carbocycles. The van der Waals surface area contributed by atoms with Crippen LogP contribution in [0.15, 0.2) is 55.0 Å². The number of piperidine rings is 1. The van der Waals surface area contributed by atoms with Gasteiger partial charge in [-0.1, -0.05) is 23.2 Å². The van der Waals surface area contributed by atoms with Gasteiger partial charge in [0.2, 0.25) is 11.8 Å². The topological polar surface area (TPSA) is 156 Å². The van der Waals surface area contributed by atoms with Crippen molar-refractivity contribution >= 4 is 58.3 Å². The molecule has 0 spiro atoms. The Morgan fingerprint density at radius 3 is 2.43 bits per heavy atom. The van der Waals surface area contributed by atoms with Crippen molar-refractivity contribution < 1.29 is 28.3 Å². The molecule has 1 atom stereocenters. The lowest BCUT2D eigenvalue weighted by molar-refractivity contribution is -0.136. The molecule has 8 rings (SSSR count). The van der Waals surface area contributed by atoms with Gasteiger partial charge in [0.15, 0.2) is 11.6 Å². The van der Waals surface area contributed by atoms with Crippen molar-refractivity contribution in [2.24, 2.45) is 5.92 Å². The van der Waals surface area contributed by atoms with E-state index >= 15 is 0 Å². The highest BCUT2D eigenvalue weighted by Crippen LogP contribution is 2.36. The predicted molar refractivity (Wildman–Crippen MR) is 208 cm³/mol. The second-order valence-electron chi connectivity index (χ2n) is 14.9. The van der Waals surface area contributed by atoms with Gasteiger partial charge in [-0.2, -0.15) is 5.10 Å². The van der Waals surface area contributed by atoms with Gasteiger partial charge >= 0.3 is 0 Å². The number of rotatable bonds is 10. The number of fused-ring (bicyclic) bond motifs is 1. The number of hydrogen-bond acceptors (Lipinski definition) is 10. The summed E-state index contributed by atoms with van der Waals surface area (Å²) >= 11 is 12.3. The molecule has 292 valence electrons. The van der Waals surface area contributed by atoms with Crippen LogP contribution in [0.3, 0.4) is 0 Å². The molecule has 0 bridgehead atoms. The molecule has 1 saturated carbocycles. The monoisotopic (exact) mass is 802 g/mol. The molecule has 13 nitrogen and oxygen atoms in total. The maximum absolute atomic E-state index is 13.9. The van der Waals surface area contributed by atoms with Crippen LogP contribution < -0.4 is 20.7 Å². The third kappa shape index (κ3) is 7.57. The van der Waals surface area contributed by atoms with E-state index in [9.17, 15) is 23.6 Å². The van der Waals surface area contributed by atoms with Crippen LogP contribution in [0, 0.1) is 11.7 Å². The second-order valence-corrected chi connectivity index (χ2v) is 15.7. The number of anilines is 2. The van der Waals surface area contributed by atoms with E-state index in [-0.39, 0.29) is 30.3 Å². The van der Waals surface area contributed by atoms with Crippen molar-refractivity contribution in [3.8, 4) is 16.9 Å². The summed E-state index contributed by atoms with van der Waals surface area (Å²) in [4.78, 5) is 60.6. The number of imide groups is 2. The molecule has 3 aliphatic heterocycles. The summed E-state index contributed by atoms with van der Waals surface area (Å²) in [6.07, 6.45) is 10.4. The van der Waals surface area contributed by atoms with Gasteiger partial charge in [-0.25, -0.2) is 9.37 Å². The van der Waals surface area contributed by atoms with Crippen LogP contribution in [0.4, 0.5) is 15.9 Å². The van der Waals surface area contributed by atoms with Crippen LogP contribution in [0.1, 0.15) is 70.8 Å². The minimum absolute atomic E-state index is 0.0156. The van der Waals surface area contributed by atoms with Crippen LogP contribution in [0.25, 0.3) is 11.1 Å². The average molecular weight is 804 g/mol. The summed E-state index contributed by atoms with van der Waals surface area (Å²) < 4.78 is 21.9. The normalized spacial score (nSPS) is 21.7. The highest BCUT2D eigenvalue weighted by molar-refractivity contribution is 6.36. The first-order valence-corrected chi connectivity index (χ1v) is 19.7. The van der Waals surface area contributed by atoms with E-state index in [0.29, 0.717) is 45.8 Å². The number of carbonyl (C=O) groups is 4. The van der Waals surface area contributed by atoms with E-state index in [4.69, 9.17) is 38.8 Å². The highest BCUT2D eigenvalue weighted by Gasteiger charge is 2.45. The van der Waals surface area contributed by atoms with Crippen LogP contribution in [0.5, 0.6) is 5.75 Å². The first kappa shape index (κ1) is 37.9. The van der Waals surface area contributed by atoms with Crippen molar-refractivity contribution in [3.63, 3.8) is 0 Å². The molecule has 3 N–H and O–H groups in total. The summed E-state index contributed by atoms with van der Waals surface area (Å²) in [7, 11) is 0. The molecule has 5 heterocycles. The molecule has 16 heteroatoms. The number of piperazine rings is 1. The number of aromatic nitrogens is 3. The maximum atomic E-state index is 13.9. The van der Waals surface area contributed by atoms with Crippen molar-refractivity contribution in [2.45, 2.75) is 57.0 Å². The minimum Gasteiger partial charge on any atom is -0.489 e. The van der Waals surface area contributed by atoms with E-state index in [1.807, 2.05) is 29.2 Å². The highest BCUT2D eigenvalue weighted by atomic mass is 35.5. The number of carbonyl (C=O) groups excluding carboxylic acids is 4. The Kier molecular flexibility index (Phi) is 10.7. The summed E-state index contributed by atoms with van der Waals surface area (Å²) in [6, 6.07) is 9.17. The molecule has 1 aliphatic carbocycles. The van der Waals surface area contributed by atoms with Crippen molar-refractivity contribution in [2.75, 3.05) is 50.0 Å².